The number of amides is 1. The normalized spacial score (nSPS) is 23.9. The topological polar surface area (TPSA) is 29.1 Å². The first-order valence-electron chi connectivity index (χ1n) is 8.61. The third-order valence-electron chi connectivity index (χ3n) is 5.74. The van der Waals surface area contributed by atoms with Crippen molar-refractivity contribution in [2.75, 3.05) is 11.9 Å². The van der Waals surface area contributed by atoms with Crippen LogP contribution in [-0.2, 0) is 4.79 Å². The van der Waals surface area contributed by atoms with Gasteiger partial charge in [0.15, 0.2) is 0 Å². The van der Waals surface area contributed by atoms with E-state index in [9.17, 15) is 4.79 Å². The van der Waals surface area contributed by atoms with Crippen molar-refractivity contribution in [3.63, 3.8) is 0 Å². The van der Waals surface area contributed by atoms with Crippen LogP contribution in [0.2, 0.25) is 0 Å². The molecular weight excluding hydrogens is 326 g/mol. The summed E-state index contributed by atoms with van der Waals surface area (Å²) < 4.78 is 0. The Morgan fingerprint density at radius 1 is 1.10 bits per heavy atom. The van der Waals surface area contributed by atoms with Crippen LogP contribution < -0.4 is 5.32 Å². The second-order valence-corrected chi connectivity index (χ2v) is 8.53. The van der Waals surface area contributed by atoms with Crippen molar-refractivity contribution in [3.8, 4) is 0 Å². The summed E-state index contributed by atoms with van der Waals surface area (Å²) >= 11 is 3.62. The maximum atomic E-state index is 12.4. The first-order chi connectivity index (χ1) is 9.78. The van der Waals surface area contributed by atoms with E-state index in [0.29, 0.717) is 5.41 Å². The van der Waals surface area contributed by atoms with E-state index in [2.05, 4.69) is 55.9 Å². The number of nitrogens with one attached hydrogen (secondary N) is 1. The van der Waals surface area contributed by atoms with Crippen molar-refractivity contribution in [2.45, 2.75) is 73.1 Å². The molecule has 0 atom stereocenters. The molecule has 0 spiro atoms. The lowest BCUT2D eigenvalue weighted by atomic mass is 9.69. The van der Waals surface area contributed by atoms with Crippen molar-refractivity contribution in [2.24, 2.45) is 22.7 Å². The Kier molecular flexibility index (Phi) is 7.23. The summed E-state index contributed by atoms with van der Waals surface area (Å²) in [5.74, 6) is 1.30. The van der Waals surface area contributed by atoms with Gasteiger partial charge in [-0.3, -0.25) is 4.79 Å². The number of rotatable bonds is 6. The highest BCUT2D eigenvalue weighted by Crippen LogP contribution is 2.40. The van der Waals surface area contributed by atoms with Gasteiger partial charge in [-0.2, -0.15) is 0 Å². The Labute approximate surface area is 140 Å². The Bertz CT molecular complexity index is 314. The number of hydrogen-bond acceptors (Lipinski definition) is 1. The molecule has 1 saturated carbocycles. The number of halogens is 1. The molecule has 0 aromatic carbocycles. The molecule has 0 unspecified atom stereocenters. The van der Waals surface area contributed by atoms with E-state index < -0.39 is 0 Å². The fourth-order valence-corrected chi connectivity index (χ4v) is 4.37. The van der Waals surface area contributed by atoms with Crippen molar-refractivity contribution < 1.29 is 4.79 Å². The van der Waals surface area contributed by atoms with Crippen LogP contribution >= 0.6 is 15.9 Å². The lowest BCUT2D eigenvalue weighted by Crippen LogP contribution is -2.42. The van der Waals surface area contributed by atoms with E-state index in [1.54, 1.807) is 0 Å². The molecule has 0 aromatic heterocycles. The van der Waals surface area contributed by atoms with Gasteiger partial charge >= 0.3 is 0 Å². The van der Waals surface area contributed by atoms with Crippen LogP contribution in [0.5, 0.6) is 0 Å². The van der Waals surface area contributed by atoms with Crippen molar-refractivity contribution >= 4 is 21.8 Å². The second kappa shape index (κ2) is 7.99. The van der Waals surface area contributed by atoms with Crippen molar-refractivity contribution in [1.29, 1.82) is 0 Å². The van der Waals surface area contributed by atoms with Crippen molar-refractivity contribution in [3.05, 3.63) is 0 Å². The minimum atomic E-state index is 0.221. The maximum Gasteiger partial charge on any atom is 0.223 e. The van der Waals surface area contributed by atoms with E-state index in [0.717, 1.165) is 43.5 Å². The molecule has 1 aliphatic rings. The summed E-state index contributed by atoms with van der Waals surface area (Å²) in [7, 11) is 0. The fraction of sp³-hybridized carbons (Fsp3) is 0.944. The number of carbonyl (C=O) groups excluding carboxylic acids is 1. The predicted octanol–water partition coefficient (Wildman–Crippen LogP) is 5.16. The van der Waals surface area contributed by atoms with Gasteiger partial charge in [-0.25, -0.2) is 0 Å². The third kappa shape index (κ3) is 5.26. The third-order valence-corrected chi connectivity index (χ3v) is 6.93. The van der Waals surface area contributed by atoms with Crippen LogP contribution in [0.25, 0.3) is 0 Å². The minimum absolute atomic E-state index is 0.221. The van der Waals surface area contributed by atoms with Gasteiger partial charge in [0.2, 0.25) is 5.91 Å². The van der Waals surface area contributed by atoms with Gasteiger partial charge in [-0.05, 0) is 55.3 Å². The summed E-state index contributed by atoms with van der Waals surface area (Å²) in [5, 5.41) is 4.19. The smallest absolute Gasteiger partial charge is 0.223 e. The molecule has 1 rings (SSSR count). The highest BCUT2D eigenvalue weighted by Gasteiger charge is 2.33. The van der Waals surface area contributed by atoms with Crippen LogP contribution in [0.1, 0.15) is 73.1 Å². The Balaban J connectivity index is 2.44. The van der Waals surface area contributed by atoms with E-state index >= 15 is 0 Å². The summed E-state index contributed by atoms with van der Waals surface area (Å²) in [4.78, 5) is 12.4. The number of carbonyl (C=O) groups is 1. The number of alkyl halides is 1. The minimum Gasteiger partial charge on any atom is -0.355 e. The highest BCUT2D eigenvalue weighted by molar-refractivity contribution is 9.09. The highest BCUT2D eigenvalue weighted by atomic mass is 79.9. The van der Waals surface area contributed by atoms with Crippen LogP contribution in [0.3, 0.4) is 0 Å². The van der Waals surface area contributed by atoms with E-state index in [1.165, 1.54) is 12.8 Å². The molecular formula is C18H34BrNO. The van der Waals surface area contributed by atoms with Crippen LogP contribution in [0, 0.1) is 22.7 Å². The molecule has 1 amide bonds. The molecule has 0 aliphatic heterocycles. The molecule has 0 heterocycles. The molecule has 0 aromatic rings. The molecule has 0 bridgehead atoms. The van der Waals surface area contributed by atoms with Crippen molar-refractivity contribution in [1.82, 2.24) is 5.32 Å². The quantitative estimate of drug-likeness (QED) is 0.652. The standard InChI is InChI=1S/C18H34BrNO/c1-6-18(7-2,12-19)13-20-16(21)14-8-10-15(11-9-14)17(3,4)5/h14-15H,6-13H2,1-5H3,(H,20,21). The first-order valence-corrected chi connectivity index (χ1v) is 9.74. The van der Waals surface area contributed by atoms with E-state index in [1.807, 2.05) is 0 Å². The van der Waals surface area contributed by atoms with Gasteiger partial charge < -0.3 is 5.32 Å². The molecule has 1 fully saturated rings. The average molecular weight is 360 g/mol. The molecule has 0 saturated heterocycles. The molecule has 1 aliphatic carbocycles. The van der Waals surface area contributed by atoms with Crippen LogP contribution in [0.4, 0.5) is 0 Å². The molecule has 0 radical (unpaired) electrons. The zero-order valence-electron chi connectivity index (χ0n) is 14.6. The first kappa shape index (κ1) is 19.0. The van der Waals surface area contributed by atoms with Gasteiger partial charge in [0.05, 0.1) is 0 Å². The second-order valence-electron chi connectivity index (χ2n) is 7.97. The molecule has 3 heteroatoms. The van der Waals surface area contributed by atoms with Crippen LogP contribution in [0.15, 0.2) is 0 Å². The van der Waals surface area contributed by atoms with Crippen LogP contribution in [-0.4, -0.2) is 17.8 Å². The summed E-state index contributed by atoms with van der Waals surface area (Å²) in [6, 6.07) is 0. The summed E-state index contributed by atoms with van der Waals surface area (Å²) in [6.07, 6.45) is 6.73. The molecule has 2 nitrogen and oxygen atoms in total. The SMILES string of the molecule is CCC(CC)(CBr)CNC(=O)C1CCC(C(C)(C)C)CC1. The number of hydrogen-bond donors (Lipinski definition) is 1. The lowest BCUT2D eigenvalue weighted by Gasteiger charge is -2.37. The van der Waals surface area contributed by atoms with E-state index in [-0.39, 0.29) is 17.2 Å². The Morgan fingerprint density at radius 3 is 2.00 bits per heavy atom. The van der Waals surface area contributed by atoms with Gasteiger partial charge in [0, 0.05) is 17.8 Å². The van der Waals surface area contributed by atoms with E-state index in [4.69, 9.17) is 0 Å². The van der Waals surface area contributed by atoms with Gasteiger partial charge in [-0.15, -0.1) is 0 Å². The zero-order valence-corrected chi connectivity index (χ0v) is 16.2. The fourth-order valence-electron chi connectivity index (χ4n) is 3.38. The summed E-state index contributed by atoms with van der Waals surface area (Å²) in [6.45, 7) is 12.2. The predicted molar refractivity (Wildman–Crippen MR) is 94.7 cm³/mol. The Morgan fingerprint density at radius 2 is 1.62 bits per heavy atom. The Hall–Kier alpha value is -0.0500. The average Bonchev–Trinajstić information content (AvgIpc) is 2.48. The molecule has 21 heavy (non-hydrogen) atoms. The zero-order chi connectivity index (χ0) is 16.1. The van der Waals surface area contributed by atoms with Gasteiger partial charge in [0.25, 0.3) is 0 Å². The largest absolute Gasteiger partial charge is 0.355 e. The molecule has 124 valence electrons. The maximum absolute atomic E-state index is 12.4. The van der Waals surface area contributed by atoms with Gasteiger partial charge in [0.1, 0.15) is 0 Å². The monoisotopic (exact) mass is 359 g/mol. The lowest BCUT2D eigenvalue weighted by molar-refractivity contribution is -0.127. The summed E-state index contributed by atoms with van der Waals surface area (Å²) in [5.41, 5.74) is 0.606. The molecule has 1 N–H and O–H groups in total. The van der Waals surface area contributed by atoms with Gasteiger partial charge in [-0.1, -0.05) is 50.5 Å².